The Morgan fingerprint density at radius 2 is 1.96 bits per heavy atom. The van der Waals surface area contributed by atoms with Crippen molar-refractivity contribution in [3.05, 3.63) is 0 Å². The first-order valence-electron chi connectivity index (χ1n) is 9.72. The van der Waals surface area contributed by atoms with Gasteiger partial charge in [-0.15, -0.1) is 0 Å². The van der Waals surface area contributed by atoms with Gasteiger partial charge in [-0.3, -0.25) is 4.99 Å². The van der Waals surface area contributed by atoms with E-state index in [0.717, 1.165) is 25.3 Å². The van der Waals surface area contributed by atoms with Gasteiger partial charge in [0, 0.05) is 51.7 Å². The molecule has 0 aromatic heterocycles. The Morgan fingerprint density at radius 1 is 1.25 bits per heavy atom. The van der Waals surface area contributed by atoms with Gasteiger partial charge in [0.1, 0.15) is 0 Å². The molecule has 0 amide bonds. The summed E-state index contributed by atoms with van der Waals surface area (Å²) in [7, 11) is 0. The molecule has 6 nitrogen and oxygen atoms in total. The van der Waals surface area contributed by atoms with E-state index in [4.69, 9.17) is 4.74 Å². The van der Waals surface area contributed by atoms with E-state index in [9.17, 15) is 5.11 Å². The van der Waals surface area contributed by atoms with E-state index >= 15 is 0 Å². The fraction of sp³-hybridized carbons (Fsp3) is 0.944. The number of guanidine groups is 1. The summed E-state index contributed by atoms with van der Waals surface area (Å²) < 4.78 is 5.33. The maximum atomic E-state index is 10.6. The standard InChI is InChI=1S/C18H36N4O2/c1-3-5-10-22-11-6-16(7-12-22)21-17(19-4-2)20-15-18(23)8-13-24-14-9-18/h16,23H,3-15H2,1-2H3,(H2,19,20,21). The maximum absolute atomic E-state index is 10.6. The molecule has 3 N–H and O–H groups in total. The molecule has 2 aliphatic heterocycles. The monoisotopic (exact) mass is 340 g/mol. The van der Waals surface area contributed by atoms with Gasteiger partial charge in [0.15, 0.2) is 5.96 Å². The third kappa shape index (κ3) is 6.57. The molecule has 0 aromatic carbocycles. The zero-order chi connectivity index (χ0) is 17.3. The Kier molecular flexibility index (Phi) is 8.29. The fourth-order valence-corrected chi connectivity index (χ4v) is 3.33. The molecule has 2 aliphatic rings. The second-order valence-corrected chi connectivity index (χ2v) is 7.15. The van der Waals surface area contributed by atoms with Crippen molar-refractivity contribution in [1.29, 1.82) is 0 Å². The minimum Gasteiger partial charge on any atom is -0.388 e. The largest absolute Gasteiger partial charge is 0.388 e. The molecule has 2 fully saturated rings. The van der Waals surface area contributed by atoms with E-state index in [-0.39, 0.29) is 0 Å². The van der Waals surface area contributed by atoms with Crippen molar-refractivity contribution >= 4 is 5.96 Å². The molecule has 0 radical (unpaired) electrons. The number of unbranched alkanes of at least 4 members (excludes halogenated alkanes) is 1. The molecular weight excluding hydrogens is 304 g/mol. The van der Waals surface area contributed by atoms with Crippen LogP contribution in [0.15, 0.2) is 4.99 Å². The number of piperidine rings is 1. The lowest BCUT2D eigenvalue weighted by atomic mass is 9.95. The third-order valence-electron chi connectivity index (χ3n) is 5.06. The van der Waals surface area contributed by atoms with Crippen LogP contribution in [-0.4, -0.2) is 73.5 Å². The Labute approximate surface area is 147 Å². The van der Waals surface area contributed by atoms with Gasteiger partial charge in [0.2, 0.25) is 0 Å². The fourth-order valence-electron chi connectivity index (χ4n) is 3.33. The summed E-state index contributed by atoms with van der Waals surface area (Å²) in [5.74, 6) is 0.837. The zero-order valence-corrected chi connectivity index (χ0v) is 15.5. The van der Waals surface area contributed by atoms with Crippen molar-refractivity contribution in [1.82, 2.24) is 15.5 Å². The minimum absolute atomic E-state index is 0.445. The van der Waals surface area contributed by atoms with Gasteiger partial charge in [0.05, 0.1) is 12.1 Å². The number of rotatable bonds is 7. The van der Waals surface area contributed by atoms with Crippen LogP contribution >= 0.6 is 0 Å². The number of ether oxygens (including phenoxy) is 1. The van der Waals surface area contributed by atoms with Crippen LogP contribution < -0.4 is 10.6 Å². The molecule has 0 spiro atoms. The lowest BCUT2D eigenvalue weighted by molar-refractivity contribution is -0.0566. The molecule has 0 bridgehead atoms. The van der Waals surface area contributed by atoms with E-state index < -0.39 is 5.60 Å². The van der Waals surface area contributed by atoms with Crippen molar-refractivity contribution in [3.63, 3.8) is 0 Å². The number of nitrogens with one attached hydrogen (secondary N) is 2. The number of aliphatic imine (C=N–C) groups is 1. The smallest absolute Gasteiger partial charge is 0.191 e. The number of hydrogen-bond donors (Lipinski definition) is 3. The Hall–Kier alpha value is -0.850. The molecule has 6 heteroatoms. The number of hydrogen-bond acceptors (Lipinski definition) is 4. The normalized spacial score (nSPS) is 23.2. The van der Waals surface area contributed by atoms with E-state index in [1.54, 1.807) is 0 Å². The molecule has 0 atom stereocenters. The highest BCUT2D eigenvalue weighted by atomic mass is 16.5. The third-order valence-corrected chi connectivity index (χ3v) is 5.06. The predicted molar refractivity (Wildman–Crippen MR) is 98.5 cm³/mol. The van der Waals surface area contributed by atoms with Crippen LogP contribution in [0.2, 0.25) is 0 Å². The van der Waals surface area contributed by atoms with E-state index in [1.807, 2.05) is 0 Å². The van der Waals surface area contributed by atoms with Crippen LogP contribution in [0, 0.1) is 0 Å². The van der Waals surface area contributed by atoms with Crippen molar-refractivity contribution in [2.24, 2.45) is 4.99 Å². The molecule has 0 saturated carbocycles. The minimum atomic E-state index is -0.704. The zero-order valence-electron chi connectivity index (χ0n) is 15.5. The van der Waals surface area contributed by atoms with Crippen LogP contribution in [0.1, 0.15) is 52.4 Å². The lowest BCUT2D eigenvalue weighted by Gasteiger charge is -2.33. The van der Waals surface area contributed by atoms with Gasteiger partial charge in [0.25, 0.3) is 0 Å². The van der Waals surface area contributed by atoms with Crippen molar-refractivity contribution in [2.75, 3.05) is 45.9 Å². The van der Waals surface area contributed by atoms with Crippen LogP contribution in [0.25, 0.3) is 0 Å². The van der Waals surface area contributed by atoms with Gasteiger partial charge in [-0.25, -0.2) is 0 Å². The summed E-state index contributed by atoms with van der Waals surface area (Å²) in [4.78, 5) is 7.21. The van der Waals surface area contributed by atoms with E-state index in [1.165, 1.54) is 32.5 Å². The first kappa shape index (κ1) is 19.5. The second-order valence-electron chi connectivity index (χ2n) is 7.15. The summed E-state index contributed by atoms with van der Waals surface area (Å²) in [5, 5.41) is 17.4. The van der Waals surface area contributed by atoms with Gasteiger partial charge < -0.3 is 25.4 Å². The lowest BCUT2D eigenvalue weighted by Crippen LogP contribution is -2.49. The molecule has 24 heavy (non-hydrogen) atoms. The Bertz CT molecular complexity index is 375. The molecule has 2 saturated heterocycles. The molecule has 2 heterocycles. The SMILES string of the molecule is CCCCN1CCC(NC(=NCC2(O)CCOCC2)NCC)CC1. The summed E-state index contributed by atoms with van der Waals surface area (Å²) in [6, 6.07) is 0.477. The van der Waals surface area contributed by atoms with E-state index in [0.29, 0.717) is 38.6 Å². The summed E-state index contributed by atoms with van der Waals surface area (Å²) in [5.41, 5.74) is -0.704. The number of aliphatic hydroxyl groups is 1. The van der Waals surface area contributed by atoms with Crippen LogP contribution in [0.5, 0.6) is 0 Å². The quantitative estimate of drug-likeness (QED) is 0.482. The highest BCUT2D eigenvalue weighted by Crippen LogP contribution is 2.20. The molecule has 0 aliphatic carbocycles. The van der Waals surface area contributed by atoms with Gasteiger partial charge in [-0.05, 0) is 32.7 Å². The average Bonchev–Trinajstić information content (AvgIpc) is 2.60. The first-order valence-corrected chi connectivity index (χ1v) is 9.72. The molecular formula is C18H36N4O2. The molecule has 0 aromatic rings. The Morgan fingerprint density at radius 3 is 2.58 bits per heavy atom. The van der Waals surface area contributed by atoms with Crippen LogP contribution in [0.3, 0.4) is 0 Å². The first-order chi connectivity index (χ1) is 11.6. The number of likely N-dealkylation sites (tertiary alicyclic amines) is 1. The molecule has 2 rings (SSSR count). The maximum Gasteiger partial charge on any atom is 0.191 e. The topological polar surface area (TPSA) is 69.1 Å². The number of nitrogens with zero attached hydrogens (tertiary/aromatic N) is 2. The van der Waals surface area contributed by atoms with Gasteiger partial charge >= 0.3 is 0 Å². The molecule has 0 unspecified atom stereocenters. The second kappa shape index (κ2) is 10.2. The van der Waals surface area contributed by atoms with Crippen molar-refractivity contribution in [2.45, 2.75) is 64.0 Å². The summed E-state index contributed by atoms with van der Waals surface area (Å²) in [6.45, 7) is 10.4. The Balaban J connectivity index is 1.79. The van der Waals surface area contributed by atoms with Crippen LogP contribution in [0.4, 0.5) is 0 Å². The molecule has 140 valence electrons. The van der Waals surface area contributed by atoms with Gasteiger partial charge in [-0.2, -0.15) is 0 Å². The predicted octanol–water partition coefficient (Wildman–Crippen LogP) is 1.35. The van der Waals surface area contributed by atoms with Gasteiger partial charge in [-0.1, -0.05) is 13.3 Å². The van der Waals surface area contributed by atoms with Crippen molar-refractivity contribution in [3.8, 4) is 0 Å². The summed E-state index contributed by atoms with van der Waals surface area (Å²) >= 11 is 0. The van der Waals surface area contributed by atoms with E-state index in [2.05, 4.69) is 34.4 Å². The average molecular weight is 341 g/mol. The highest BCUT2D eigenvalue weighted by molar-refractivity contribution is 5.80. The van der Waals surface area contributed by atoms with Crippen LogP contribution in [-0.2, 0) is 4.74 Å². The highest BCUT2D eigenvalue weighted by Gasteiger charge is 2.29. The van der Waals surface area contributed by atoms with Crippen molar-refractivity contribution < 1.29 is 9.84 Å². The summed E-state index contributed by atoms with van der Waals surface area (Å²) in [6.07, 6.45) is 6.23.